The van der Waals surface area contributed by atoms with E-state index in [-0.39, 0.29) is 5.82 Å². The van der Waals surface area contributed by atoms with Crippen molar-refractivity contribution >= 4 is 34.6 Å². The van der Waals surface area contributed by atoms with Crippen molar-refractivity contribution in [2.75, 3.05) is 5.32 Å². The number of thiocarbonyl (C=S) groups is 1. The molecule has 0 spiro atoms. The molecule has 0 aliphatic rings. The summed E-state index contributed by atoms with van der Waals surface area (Å²) in [7, 11) is 0. The van der Waals surface area contributed by atoms with E-state index in [1.165, 1.54) is 12.1 Å². The molecule has 3 nitrogen and oxygen atoms in total. The first-order valence-corrected chi connectivity index (χ1v) is 8.47. The number of furan rings is 1. The number of rotatable bonds is 5. The van der Waals surface area contributed by atoms with E-state index < -0.39 is 0 Å². The molecule has 1 aromatic heterocycles. The molecule has 0 fully saturated rings. The van der Waals surface area contributed by atoms with E-state index >= 15 is 0 Å². The van der Waals surface area contributed by atoms with Gasteiger partial charge in [0.15, 0.2) is 5.11 Å². The van der Waals surface area contributed by atoms with Crippen LogP contribution in [0.25, 0.3) is 0 Å². The summed E-state index contributed by atoms with van der Waals surface area (Å²) in [5, 5.41) is 4.40. The highest BCUT2D eigenvalue weighted by Crippen LogP contribution is 2.17. The van der Waals surface area contributed by atoms with Crippen molar-refractivity contribution in [2.24, 2.45) is 0 Å². The third-order valence-electron chi connectivity index (χ3n) is 3.60. The molecule has 128 valence electrons. The first-order valence-electron chi connectivity index (χ1n) is 7.68. The number of halogens is 2. The fourth-order valence-electron chi connectivity index (χ4n) is 2.34. The third-order valence-corrected chi connectivity index (χ3v) is 4.21. The lowest BCUT2D eigenvalue weighted by Gasteiger charge is -2.25. The van der Waals surface area contributed by atoms with E-state index in [0.717, 1.165) is 17.0 Å². The summed E-state index contributed by atoms with van der Waals surface area (Å²) in [6, 6.07) is 17.4. The van der Waals surface area contributed by atoms with E-state index in [9.17, 15) is 4.39 Å². The van der Waals surface area contributed by atoms with Crippen LogP contribution in [0.15, 0.2) is 71.3 Å². The van der Waals surface area contributed by atoms with Crippen LogP contribution >= 0.6 is 23.8 Å². The molecule has 0 unspecified atom stereocenters. The van der Waals surface area contributed by atoms with Crippen molar-refractivity contribution in [1.29, 1.82) is 0 Å². The Balaban J connectivity index is 1.75. The van der Waals surface area contributed by atoms with Crippen LogP contribution < -0.4 is 5.32 Å². The van der Waals surface area contributed by atoms with Crippen LogP contribution in [0.2, 0.25) is 5.02 Å². The molecule has 0 amide bonds. The molecule has 0 saturated carbocycles. The van der Waals surface area contributed by atoms with E-state index in [1.807, 2.05) is 29.2 Å². The normalized spacial score (nSPS) is 10.5. The molecule has 3 aromatic rings. The van der Waals surface area contributed by atoms with Gasteiger partial charge in [0.2, 0.25) is 0 Å². The molecule has 0 bridgehead atoms. The standard InChI is InChI=1S/C19H16ClFN2OS/c20-15-5-9-17(10-6-15)22-19(25)23(13-18-2-1-11-24-18)12-14-3-7-16(21)8-4-14/h1-11H,12-13H2,(H,22,25). The minimum absolute atomic E-state index is 0.261. The second-order valence-electron chi connectivity index (χ2n) is 5.50. The fourth-order valence-corrected chi connectivity index (χ4v) is 2.71. The van der Waals surface area contributed by atoms with Crippen molar-refractivity contribution in [3.63, 3.8) is 0 Å². The van der Waals surface area contributed by atoms with E-state index in [2.05, 4.69) is 5.32 Å². The van der Waals surface area contributed by atoms with Crippen molar-refractivity contribution in [2.45, 2.75) is 13.1 Å². The quantitative estimate of drug-likeness (QED) is 0.599. The molecule has 0 aliphatic heterocycles. The fraction of sp³-hybridized carbons (Fsp3) is 0.105. The van der Waals surface area contributed by atoms with Gasteiger partial charge in [-0.25, -0.2) is 4.39 Å². The number of anilines is 1. The molecular formula is C19H16ClFN2OS. The number of hydrogen-bond donors (Lipinski definition) is 1. The number of nitrogens with zero attached hydrogens (tertiary/aromatic N) is 1. The molecule has 0 saturated heterocycles. The van der Waals surface area contributed by atoms with Gasteiger partial charge in [0.25, 0.3) is 0 Å². The van der Waals surface area contributed by atoms with Gasteiger partial charge in [-0.05, 0) is 66.3 Å². The largest absolute Gasteiger partial charge is 0.467 e. The lowest BCUT2D eigenvalue weighted by atomic mass is 10.2. The molecular weight excluding hydrogens is 359 g/mol. The Labute approximate surface area is 156 Å². The van der Waals surface area contributed by atoms with Gasteiger partial charge < -0.3 is 14.6 Å². The van der Waals surface area contributed by atoms with Gasteiger partial charge in [0.05, 0.1) is 12.8 Å². The maximum atomic E-state index is 13.1. The van der Waals surface area contributed by atoms with E-state index in [1.54, 1.807) is 30.5 Å². The van der Waals surface area contributed by atoms with E-state index in [4.69, 9.17) is 28.2 Å². The van der Waals surface area contributed by atoms with Crippen molar-refractivity contribution in [3.8, 4) is 0 Å². The summed E-state index contributed by atoms with van der Waals surface area (Å²) in [5.41, 5.74) is 1.80. The summed E-state index contributed by atoms with van der Waals surface area (Å²) in [6.45, 7) is 1.03. The van der Waals surface area contributed by atoms with Crippen molar-refractivity contribution in [3.05, 3.63) is 89.1 Å². The van der Waals surface area contributed by atoms with Crippen molar-refractivity contribution < 1.29 is 8.81 Å². The molecule has 0 atom stereocenters. The van der Waals surface area contributed by atoms with Crippen LogP contribution in [0.1, 0.15) is 11.3 Å². The maximum Gasteiger partial charge on any atom is 0.174 e. The summed E-state index contributed by atoms with van der Waals surface area (Å²) in [6.07, 6.45) is 1.63. The smallest absolute Gasteiger partial charge is 0.174 e. The van der Waals surface area contributed by atoms with Gasteiger partial charge in [-0.3, -0.25) is 0 Å². The molecule has 0 aliphatic carbocycles. The summed E-state index contributed by atoms with van der Waals surface area (Å²) >= 11 is 11.5. The Morgan fingerprint density at radius 2 is 1.76 bits per heavy atom. The lowest BCUT2D eigenvalue weighted by Crippen LogP contribution is -2.33. The molecule has 2 aromatic carbocycles. The van der Waals surface area contributed by atoms with Crippen LogP contribution in [0.3, 0.4) is 0 Å². The summed E-state index contributed by atoms with van der Waals surface area (Å²) in [4.78, 5) is 1.95. The molecule has 0 radical (unpaired) electrons. The summed E-state index contributed by atoms with van der Waals surface area (Å²) < 4.78 is 18.6. The first kappa shape index (κ1) is 17.5. The van der Waals surface area contributed by atoms with Gasteiger partial charge in [-0.1, -0.05) is 23.7 Å². The van der Waals surface area contributed by atoms with E-state index in [0.29, 0.717) is 23.2 Å². The highest BCUT2D eigenvalue weighted by atomic mass is 35.5. The van der Waals surface area contributed by atoms with Gasteiger partial charge >= 0.3 is 0 Å². The van der Waals surface area contributed by atoms with Gasteiger partial charge in [0, 0.05) is 17.3 Å². The third kappa shape index (κ3) is 5.05. The number of benzene rings is 2. The minimum atomic E-state index is -0.261. The zero-order valence-corrected chi connectivity index (χ0v) is 14.9. The van der Waals surface area contributed by atoms with Crippen LogP contribution in [-0.2, 0) is 13.1 Å². The Morgan fingerprint density at radius 3 is 2.40 bits per heavy atom. The second-order valence-corrected chi connectivity index (χ2v) is 6.32. The van der Waals surface area contributed by atoms with Crippen LogP contribution in [0.4, 0.5) is 10.1 Å². The number of hydrogen-bond acceptors (Lipinski definition) is 2. The topological polar surface area (TPSA) is 28.4 Å². The molecule has 3 rings (SSSR count). The molecule has 6 heteroatoms. The second kappa shape index (κ2) is 8.14. The maximum absolute atomic E-state index is 13.1. The molecule has 1 heterocycles. The predicted octanol–water partition coefficient (Wildman–Crippen LogP) is 5.47. The minimum Gasteiger partial charge on any atom is -0.467 e. The number of nitrogens with one attached hydrogen (secondary N) is 1. The highest BCUT2D eigenvalue weighted by molar-refractivity contribution is 7.80. The Morgan fingerprint density at radius 1 is 1.04 bits per heavy atom. The van der Waals surface area contributed by atoms with Gasteiger partial charge in [-0.2, -0.15) is 0 Å². The van der Waals surface area contributed by atoms with Gasteiger partial charge in [-0.15, -0.1) is 0 Å². The van der Waals surface area contributed by atoms with Crippen LogP contribution in [0.5, 0.6) is 0 Å². The van der Waals surface area contributed by atoms with Crippen LogP contribution in [0, 0.1) is 5.82 Å². The van der Waals surface area contributed by atoms with Gasteiger partial charge in [0.1, 0.15) is 11.6 Å². The Hall–Kier alpha value is -2.37. The predicted molar refractivity (Wildman–Crippen MR) is 102 cm³/mol. The summed E-state index contributed by atoms with van der Waals surface area (Å²) in [5.74, 6) is 0.533. The average Bonchev–Trinajstić information content (AvgIpc) is 3.11. The zero-order chi connectivity index (χ0) is 17.6. The molecule has 1 N–H and O–H groups in total. The average molecular weight is 375 g/mol. The zero-order valence-electron chi connectivity index (χ0n) is 13.3. The van der Waals surface area contributed by atoms with Crippen LogP contribution in [-0.4, -0.2) is 10.0 Å². The SMILES string of the molecule is Fc1ccc(CN(Cc2ccco2)C(=S)Nc2ccc(Cl)cc2)cc1. The molecule has 25 heavy (non-hydrogen) atoms. The monoisotopic (exact) mass is 374 g/mol. The van der Waals surface area contributed by atoms with Crippen molar-refractivity contribution in [1.82, 2.24) is 4.90 Å². The Bertz CT molecular complexity index is 820. The first-order chi connectivity index (χ1) is 12.1. The lowest BCUT2D eigenvalue weighted by molar-refractivity contribution is 0.360. The highest BCUT2D eigenvalue weighted by Gasteiger charge is 2.13. The Kier molecular flexibility index (Phi) is 5.68.